The van der Waals surface area contributed by atoms with Crippen LogP contribution >= 0.6 is 0 Å². The number of furan rings is 4. The highest BCUT2D eigenvalue weighted by atomic mass is 16.4. The number of fused-ring (bicyclic) bond motifs is 11. The second kappa shape index (κ2) is 13.5. The number of nitrogens with zero attached hydrogens (tertiary/aromatic N) is 1. The van der Waals surface area contributed by atoms with E-state index in [9.17, 15) is 0 Å². The average molecular weight is 774 g/mol. The van der Waals surface area contributed by atoms with E-state index < -0.39 is 0 Å². The van der Waals surface area contributed by atoms with Crippen LogP contribution in [0.2, 0.25) is 0 Å². The number of hydrogen-bond donors (Lipinski definition) is 0. The topological polar surface area (TPSA) is 55.8 Å². The summed E-state index contributed by atoms with van der Waals surface area (Å²) < 4.78 is 27.7. The van der Waals surface area contributed by atoms with Gasteiger partial charge < -0.3 is 22.6 Å². The largest absolute Gasteiger partial charge is 0.455 e. The summed E-state index contributed by atoms with van der Waals surface area (Å²) in [6.45, 7) is 2.09. The highest BCUT2D eigenvalue weighted by Gasteiger charge is 2.27. The molecule has 0 aliphatic rings. The van der Waals surface area contributed by atoms with Crippen molar-refractivity contribution in [3.8, 4) is 45.3 Å². The van der Waals surface area contributed by atoms with Gasteiger partial charge in [0, 0.05) is 71.6 Å². The molecule has 0 aliphatic carbocycles. The normalized spacial score (nSPS) is 11.8. The van der Waals surface area contributed by atoms with Crippen molar-refractivity contribution in [2.75, 3.05) is 4.90 Å². The summed E-state index contributed by atoms with van der Waals surface area (Å²) in [4.78, 5) is 2.26. The van der Waals surface area contributed by atoms with E-state index in [1.165, 1.54) is 5.56 Å². The molecule has 12 aromatic rings. The fraction of sp³-hybridized carbons (Fsp3) is 0.0182. The molecule has 0 N–H and O–H groups in total. The lowest BCUT2D eigenvalue weighted by Gasteiger charge is -2.25. The fourth-order valence-corrected chi connectivity index (χ4v) is 8.65. The SMILES string of the molecule is Cc1ccc(-c2cc3c(o2)c2oc(-c4ccccc4)cc2c2c4oc(-c5ccc(N(c6ccccc6)c6ccccc6)cc5)cc4c4cc(-c5ccccc5)oc4c32)cc1. The van der Waals surface area contributed by atoms with Crippen molar-refractivity contribution in [2.24, 2.45) is 0 Å². The van der Waals surface area contributed by atoms with Crippen LogP contribution in [0.1, 0.15) is 5.56 Å². The van der Waals surface area contributed by atoms with Crippen LogP contribution in [-0.2, 0) is 0 Å². The zero-order valence-corrected chi connectivity index (χ0v) is 32.6. The molecule has 0 bridgehead atoms. The Labute approximate surface area is 344 Å². The van der Waals surface area contributed by atoms with Gasteiger partial charge in [-0.05, 0) is 79.7 Å². The lowest BCUT2D eigenvalue weighted by atomic mass is 9.97. The van der Waals surface area contributed by atoms with Crippen molar-refractivity contribution in [3.05, 3.63) is 200 Å². The van der Waals surface area contributed by atoms with E-state index in [1.54, 1.807) is 0 Å². The molecule has 0 saturated heterocycles. The molecule has 4 aromatic heterocycles. The van der Waals surface area contributed by atoms with E-state index in [2.05, 4.69) is 157 Å². The van der Waals surface area contributed by atoms with Crippen molar-refractivity contribution in [1.29, 1.82) is 0 Å². The maximum atomic E-state index is 7.11. The molecule has 60 heavy (non-hydrogen) atoms. The van der Waals surface area contributed by atoms with Gasteiger partial charge in [0.2, 0.25) is 0 Å². The minimum absolute atomic E-state index is 0.662. The van der Waals surface area contributed by atoms with Gasteiger partial charge >= 0.3 is 0 Å². The van der Waals surface area contributed by atoms with Crippen LogP contribution in [0.5, 0.6) is 0 Å². The van der Waals surface area contributed by atoms with E-state index >= 15 is 0 Å². The number of rotatable bonds is 7. The van der Waals surface area contributed by atoms with Gasteiger partial charge in [0.1, 0.15) is 34.2 Å². The number of hydrogen-bond acceptors (Lipinski definition) is 5. The van der Waals surface area contributed by atoms with Gasteiger partial charge in [0.15, 0.2) is 11.2 Å². The third kappa shape index (κ3) is 5.48. The molecule has 4 heterocycles. The van der Waals surface area contributed by atoms with Crippen LogP contribution in [-0.4, -0.2) is 0 Å². The minimum Gasteiger partial charge on any atom is -0.455 e. The van der Waals surface area contributed by atoms with Crippen molar-refractivity contribution >= 4 is 71.7 Å². The quantitative estimate of drug-likeness (QED) is 0.161. The Morgan fingerprint density at radius 2 is 0.617 bits per heavy atom. The van der Waals surface area contributed by atoms with Gasteiger partial charge in [-0.25, -0.2) is 0 Å². The Balaban J connectivity index is 1.13. The fourth-order valence-electron chi connectivity index (χ4n) is 8.65. The minimum atomic E-state index is 0.662. The summed E-state index contributed by atoms with van der Waals surface area (Å²) in [5.74, 6) is 3.03. The molecule has 0 spiro atoms. The Morgan fingerprint density at radius 3 is 1.03 bits per heavy atom. The molecule has 5 heteroatoms. The Bertz CT molecular complexity index is 3460. The van der Waals surface area contributed by atoms with E-state index in [-0.39, 0.29) is 0 Å². The molecule has 0 atom stereocenters. The van der Waals surface area contributed by atoms with E-state index in [0.717, 1.165) is 106 Å². The van der Waals surface area contributed by atoms with Crippen LogP contribution in [0.3, 0.4) is 0 Å². The molecule has 5 nitrogen and oxygen atoms in total. The first kappa shape index (κ1) is 34.1. The highest BCUT2D eigenvalue weighted by molar-refractivity contribution is 6.37. The van der Waals surface area contributed by atoms with Crippen molar-refractivity contribution in [2.45, 2.75) is 6.92 Å². The Morgan fingerprint density at radius 1 is 0.300 bits per heavy atom. The average Bonchev–Trinajstić information content (AvgIpc) is 4.13. The first-order chi connectivity index (χ1) is 29.6. The summed E-state index contributed by atoms with van der Waals surface area (Å²) in [7, 11) is 0. The maximum Gasteiger partial charge on any atom is 0.178 e. The Hall–Kier alpha value is -8.02. The zero-order chi connectivity index (χ0) is 39.7. The van der Waals surface area contributed by atoms with Crippen LogP contribution < -0.4 is 4.90 Å². The molecular weight excluding hydrogens is 739 g/mol. The summed E-state index contributed by atoms with van der Waals surface area (Å²) >= 11 is 0. The summed E-state index contributed by atoms with van der Waals surface area (Å²) in [5, 5.41) is 5.55. The molecule has 0 unspecified atom stereocenters. The smallest absolute Gasteiger partial charge is 0.178 e. The van der Waals surface area contributed by atoms with Crippen LogP contribution in [0.15, 0.2) is 212 Å². The second-order valence-electron chi connectivity index (χ2n) is 15.3. The maximum absolute atomic E-state index is 7.11. The first-order valence-corrected chi connectivity index (χ1v) is 20.1. The molecule has 0 amide bonds. The van der Waals surface area contributed by atoms with Gasteiger partial charge in [-0.15, -0.1) is 0 Å². The lowest BCUT2D eigenvalue weighted by Crippen LogP contribution is -2.09. The lowest BCUT2D eigenvalue weighted by molar-refractivity contribution is 0.598. The predicted molar refractivity (Wildman–Crippen MR) is 244 cm³/mol. The van der Waals surface area contributed by atoms with E-state index in [1.807, 2.05) is 48.5 Å². The third-order valence-electron chi connectivity index (χ3n) is 11.6. The summed E-state index contributed by atoms with van der Waals surface area (Å²) in [5.41, 5.74) is 11.2. The van der Waals surface area contributed by atoms with Crippen molar-refractivity contribution in [1.82, 2.24) is 0 Å². The van der Waals surface area contributed by atoms with Crippen LogP contribution in [0.4, 0.5) is 17.1 Å². The zero-order valence-electron chi connectivity index (χ0n) is 32.6. The number of para-hydroxylation sites is 2. The van der Waals surface area contributed by atoms with Gasteiger partial charge in [0.25, 0.3) is 0 Å². The monoisotopic (exact) mass is 773 g/mol. The molecule has 284 valence electrons. The third-order valence-corrected chi connectivity index (χ3v) is 11.6. The van der Waals surface area contributed by atoms with Gasteiger partial charge in [-0.2, -0.15) is 0 Å². The molecule has 0 aliphatic heterocycles. The number of aryl methyl sites for hydroxylation is 1. The van der Waals surface area contributed by atoms with E-state index in [4.69, 9.17) is 17.7 Å². The molecule has 0 radical (unpaired) electrons. The molecular formula is C55H35NO4. The Kier molecular flexibility index (Phi) is 7.69. The molecule has 12 rings (SSSR count). The molecule has 0 saturated carbocycles. The predicted octanol–water partition coefficient (Wildman–Crippen LogP) is 16.3. The summed E-state index contributed by atoms with van der Waals surface area (Å²) in [6.07, 6.45) is 0. The van der Waals surface area contributed by atoms with Crippen LogP contribution in [0, 0.1) is 6.92 Å². The van der Waals surface area contributed by atoms with Gasteiger partial charge in [-0.3, -0.25) is 0 Å². The highest BCUT2D eigenvalue weighted by Crippen LogP contribution is 2.50. The first-order valence-electron chi connectivity index (χ1n) is 20.1. The van der Waals surface area contributed by atoms with E-state index in [0.29, 0.717) is 11.2 Å². The standard InChI is InChI=1S/C55H35NO4/c1-34-22-24-37(25-23-34)49-33-45-51-50(44-32-48(36-16-8-3-9-17-36)59-54(44)55(45)60-49)53-43(42-30-46(57-52(42)51)35-14-6-2-7-15-35)31-47(58-53)38-26-28-41(29-27-38)56(39-18-10-4-11-19-39)40-20-12-5-13-21-40/h2-33H,1H3. The number of benzene rings is 8. The molecule has 0 fully saturated rings. The van der Waals surface area contributed by atoms with Crippen LogP contribution in [0.25, 0.3) is 99.9 Å². The van der Waals surface area contributed by atoms with Gasteiger partial charge in [-0.1, -0.05) is 127 Å². The molecule has 8 aromatic carbocycles. The van der Waals surface area contributed by atoms with Crippen molar-refractivity contribution in [3.63, 3.8) is 0 Å². The van der Waals surface area contributed by atoms with Gasteiger partial charge in [0.05, 0.1) is 0 Å². The van der Waals surface area contributed by atoms with Crippen molar-refractivity contribution < 1.29 is 17.7 Å². The summed E-state index contributed by atoms with van der Waals surface area (Å²) in [6, 6.07) is 66.9. The number of anilines is 3. The second-order valence-corrected chi connectivity index (χ2v) is 15.3.